The Balaban J connectivity index is 1.99. The van der Waals surface area contributed by atoms with Crippen LogP contribution in [0.25, 0.3) is 0 Å². The van der Waals surface area contributed by atoms with Crippen LogP contribution in [0.4, 0.5) is 5.69 Å². The summed E-state index contributed by atoms with van der Waals surface area (Å²) in [5.74, 6) is -0.296. The highest BCUT2D eigenvalue weighted by atomic mass is 35.5. The number of unbranched alkanes of at least 4 members (excludes halogenated alkanes) is 1. The molecule has 104 valence electrons. The summed E-state index contributed by atoms with van der Waals surface area (Å²) in [6, 6.07) is 7.84. The van der Waals surface area contributed by atoms with Crippen molar-refractivity contribution >= 4 is 23.2 Å². The lowest BCUT2D eigenvalue weighted by Crippen LogP contribution is -2.13. The number of amides is 1. The van der Waals surface area contributed by atoms with Crippen molar-refractivity contribution in [2.45, 2.75) is 26.2 Å². The zero-order chi connectivity index (χ0) is 14.4. The monoisotopic (exact) mass is 289 g/mol. The van der Waals surface area contributed by atoms with E-state index in [0.29, 0.717) is 0 Å². The van der Waals surface area contributed by atoms with Gasteiger partial charge in [0.1, 0.15) is 10.8 Å². The van der Waals surface area contributed by atoms with Crippen molar-refractivity contribution in [1.82, 2.24) is 9.97 Å². The topological polar surface area (TPSA) is 54.9 Å². The van der Waals surface area contributed by atoms with E-state index >= 15 is 0 Å². The Labute approximate surface area is 123 Å². The molecular formula is C15H16ClN3O. The Hall–Kier alpha value is -1.94. The summed E-state index contributed by atoms with van der Waals surface area (Å²) in [6.45, 7) is 2.17. The van der Waals surface area contributed by atoms with Gasteiger partial charge in [-0.3, -0.25) is 4.79 Å². The lowest BCUT2D eigenvalue weighted by Gasteiger charge is -2.06. The number of carbonyl (C=O) groups excluding carboxylic acids is 1. The van der Waals surface area contributed by atoms with E-state index in [1.165, 1.54) is 30.8 Å². The van der Waals surface area contributed by atoms with Gasteiger partial charge in [0.2, 0.25) is 0 Å². The molecule has 0 saturated carbocycles. The average Bonchev–Trinajstić information content (AvgIpc) is 2.47. The minimum absolute atomic E-state index is 0.240. The number of hydrogen-bond acceptors (Lipinski definition) is 3. The second-order valence-electron chi connectivity index (χ2n) is 4.48. The summed E-state index contributed by atoms with van der Waals surface area (Å²) < 4.78 is 0. The van der Waals surface area contributed by atoms with Crippen LogP contribution < -0.4 is 5.32 Å². The SMILES string of the molecule is CCCCc1ccc(NC(=O)c2cnc(Cl)cn2)cc1. The van der Waals surface area contributed by atoms with E-state index < -0.39 is 0 Å². The van der Waals surface area contributed by atoms with Crippen LogP contribution >= 0.6 is 11.6 Å². The number of aryl methyl sites for hydroxylation is 1. The van der Waals surface area contributed by atoms with Crippen molar-refractivity contribution in [3.8, 4) is 0 Å². The van der Waals surface area contributed by atoms with Crippen molar-refractivity contribution < 1.29 is 4.79 Å². The van der Waals surface area contributed by atoms with Gasteiger partial charge in [0.05, 0.1) is 12.4 Å². The molecule has 1 amide bonds. The normalized spacial score (nSPS) is 10.3. The van der Waals surface area contributed by atoms with Gasteiger partial charge in [-0.1, -0.05) is 37.1 Å². The lowest BCUT2D eigenvalue weighted by atomic mass is 10.1. The molecule has 4 nitrogen and oxygen atoms in total. The molecule has 2 aromatic rings. The van der Waals surface area contributed by atoms with Gasteiger partial charge in [0, 0.05) is 5.69 Å². The van der Waals surface area contributed by atoms with Crippen LogP contribution in [0, 0.1) is 0 Å². The van der Waals surface area contributed by atoms with Crippen LogP contribution in [-0.2, 0) is 6.42 Å². The molecule has 0 saturated heterocycles. The number of nitrogens with one attached hydrogen (secondary N) is 1. The molecule has 0 unspecified atom stereocenters. The van der Waals surface area contributed by atoms with Gasteiger partial charge in [-0.15, -0.1) is 0 Å². The molecule has 1 aromatic heterocycles. The molecule has 20 heavy (non-hydrogen) atoms. The quantitative estimate of drug-likeness (QED) is 0.912. The van der Waals surface area contributed by atoms with Gasteiger partial charge in [-0.05, 0) is 30.5 Å². The van der Waals surface area contributed by atoms with Crippen LogP contribution in [0.5, 0.6) is 0 Å². The minimum Gasteiger partial charge on any atom is -0.321 e. The zero-order valence-corrected chi connectivity index (χ0v) is 12.0. The average molecular weight is 290 g/mol. The van der Waals surface area contributed by atoms with Gasteiger partial charge in [0.15, 0.2) is 0 Å². The van der Waals surface area contributed by atoms with Crippen LogP contribution in [0.1, 0.15) is 35.8 Å². The fraction of sp³-hybridized carbons (Fsp3) is 0.267. The second-order valence-corrected chi connectivity index (χ2v) is 4.87. The van der Waals surface area contributed by atoms with Crippen LogP contribution in [0.2, 0.25) is 5.15 Å². The van der Waals surface area contributed by atoms with E-state index in [4.69, 9.17) is 11.6 Å². The zero-order valence-electron chi connectivity index (χ0n) is 11.3. The standard InChI is InChI=1S/C15H16ClN3O/c1-2-3-4-11-5-7-12(8-6-11)19-15(20)13-9-18-14(16)10-17-13/h5-10H,2-4H2,1H3,(H,19,20). The summed E-state index contributed by atoms with van der Waals surface area (Å²) >= 11 is 5.63. The van der Waals surface area contributed by atoms with E-state index in [9.17, 15) is 4.79 Å². The van der Waals surface area contributed by atoms with Crippen LogP contribution in [0.3, 0.4) is 0 Å². The van der Waals surface area contributed by atoms with Gasteiger partial charge >= 0.3 is 0 Å². The molecule has 0 aliphatic rings. The van der Waals surface area contributed by atoms with Crippen molar-refractivity contribution in [1.29, 1.82) is 0 Å². The van der Waals surface area contributed by atoms with Crippen LogP contribution in [0.15, 0.2) is 36.7 Å². The van der Waals surface area contributed by atoms with Crippen molar-refractivity contribution in [3.63, 3.8) is 0 Å². The minimum atomic E-state index is -0.296. The van der Waals surface area contributed by atoms with Gasteiger partial charge in [-0.2, -0.15) is 0 Å². The Morgan fingerprint density at radius 1 is 1.20 bits per heavy atom. The number of halogens is 1. The number of benzene rings is 1. The van der Waals surface area contributed by atoms with Crippen molar-refractivity contribution in [3.05, 3.63) is 53.1 Å². The maximum Gasteiger partial charge on any atom is 0.275 e. The highest BCUT2D eigenvalue weighted by molar-refractivity contribution is 6.29. The molecule has 0 fully saturated rings. The highest BCUT2D eigenvalue weighted by Crippen LogP contribution is 2.13. The molecule has 0 spiro atoms. The first kappa shape index (κ1) is 14.5. The molecule has 0 aliphatic carbocycles. The predicted octanol–water partition coefficient (Wildman–Crippen LogP) is 3.72. The number of rotatable bonds is 5. The fourth-order valence-electron chi connectivity index (χ4n) is 1.76. The maximum atomic E-state index is 11.9. The highest BCUT2D eigenvalue weighted by Gasteiger charge is 2.08. The molecule has 0 aliphatic heterocycles. The van der Waals surface area contributed by atoms with Gasteiger partial charge in [-0.25, -0.2) is 9.97 Å². The molecular weight excluding hydrogens is 274 g/mol. The lowest BCUT2D eigenvalue weighted by molar-refractivity contribution is 0.102. The smallest absolute Gasteiger partial charge is 0.275 e. The molecule has 0 bridgehead atoms. The van der Waals surface area contributed by atoms with Gasteiger partial charge in [0.25, 0.3) is 5.91 Å². The first-order valence-corrected chi connectivity index (χ1v) is 6.94. The Bertz CT molecular complexity index is 567. The molecule has 0 radical (unpaired) electrons. The molecule has 0 atom stereocenters. The first-order valence-electron chi connectivity index (χ1n) is 6.57. The fourth-order valence-corrected chi connectivity index (χ4v) is 1.86. The molecule has 1 aromatic carbocycles. The largest absolute Gasteiger partial charge is 0.321 e. The predicted molar refractivity (Wildman–Crippen MR) is 80.0 cm³/mol. The third-order valence-electron chi connectivity index (χ3n) is 2.88. The Morgan fingerprint density at radius 3 is 2.55 bits per heavy atom. The summed E-state index contributed by atoms with van der Waals surface area (Å²) in [4.78, 5) is 19.7. The Kier molecular flexibility index (Phi) is 5.07. The van der Waals surface area contributed by atoms with E-state index in [2.05, 4.69) is 22.2 Å². The van der Waals surface area contributed by atoms with Gasteiger partial charge < -0.3 is 5.32 Å². The van der Waals surface area contributed by atoms with E-state index in [1.807, 2.05) is 24.3 Å². The molecule has 2 rings (SSSR count). The van der Waals surface area contributed by atoms with E-state index in [1.54, 1.807) is 0 Å². The molecule has 5 heteroatoms. The van der Waals surface area contributed by atoms with Crippen molar-refractivity contribution in [2.24, 2.45) is 0 Å². The maximum absolute atomic E-state index is 11.9. The van der Waals surface area contributed by atoms with Crippen molar-refractivity contribution in [2.75, 3.05) is 5.32 Å². The number of carbonyl (C=O) groups is 1. The van der Waals surface area contributed by atoms with Crippen LogP contribution in [-0.4, -0.2) is 15.9 Å². The third-order valence-corrected chi connectivity index (χ3v) is 3.08. The molecule has 1 heterocycles. The Morgan fingerprint density at radius 2 is 1.95 bits per heavy atom. The van der Waals surface area contributed by atoms with E-state index in [-0.39, 0.29) is 16.8 Å². The van der Waals surface area contributed by atoms with E-state index in [0.717, 1.165) is 12.1 Å². The first-order chi connectivity index (χ1) is 9.69. The number of anilines is 1. The third kappa shape index (κ3) is 4.03. The summed E-state index contributed by atoms with van der Waals surface area (Å²) in [6.07, 6.45) is 6.12. The summed E-state index contributed by atoms with van der Waals surface area (Å²) in [7, 11) is 0. The summed E-state index contributed by atoms with van der Waals surface area (Å²) in [5.41, 5.74) is 2.26. The number of hydrogen-bond donors (Lipinski definition) is 1. The number of nitrogens with zero attached hydrogens (tertiary/aromatic N) is 2. The molecule has 1 N–H and O–H groups in total. The summed E-state index contributed by atoms with van der Waals surface area (Å²) in [5, 5.41) is 3.04. The number of aromatic nitrogens is 2. The second kappa shape index (κ2) is 7.01.